The highest BCUT2D eigenvalue weighted by Crippen LogP contribution is 2.31. The maximum absolute atomic E-state index is 10.5. The van der Waals surface area contributed by atoms with E-state index < -0.39 is 5.97 Å². The summed E-state index contributed by atoms with van der Waals surface area (Å²) in [5.74, 6) is -0.720. The maximum Gasteiger partial charge on any atom is 0.303 e. The molecular weight excluding hydrogens is 236 g/mol. The quantitative estimate of drug-likeness (QED) is 0.845. The number of carbonyl (C=O) groups is 1. The Bertz CT molecular complexity index is 388. The van der Waals surface area contributed by atoms with Gasteiger partial charge in [-0.2, -0.15) is 0 Å². The average molecular weight is 252 g/mol. The van der Waals surface area contributed by atoms with Gasteiger partial charge in [0.2, 0.25) is 0 Å². The Morgan fingerprint density at radius 2 is 2.18 bits per heavy atom. The lowest BCUT2D eigenvalue weighted by atomic mass is 10.1. The predicted octanol–water partition coefficient (Wildman–Crippen LogP) is 2.58. The van der Waals surface area contributed by atoms with Gasteiger partial charge in [-0.25, -0.2) is 0 Å². The molecule has 1 fully saturated rings. The SMILES string of the molecule is O=C(O)CCCc1ccccc1SC1COC1. The number of thioether (sulfide) groups is 1. The van der Waals surface area contributed by atoms with Crippen LogP contribution in [-0.2, 0) is 16.0 Å². The Kier molecular flexibility index (Phi) is 4.45. The molecule has 1 heterocycles. The summed E-state index contributed by atoms with van der Waals surface area (Å²) in [7, 11) is 0. The lowest BCUT2D eigenvalue weighted by Crippen LogP contribution is -2.30. The minimum atomic E-state index is -0.720. The van der Waals surface area contributed by atoms with Crippen LogP contribution in [0.3, 0.4) is 0 Å². The smallest absolute Gasteiger partial charge is 0.303 e. The highest BCUT2D eigenvalue weighted by molar-refractivity contribution is 8.00. The molecule has 0 amide bonds. The van der Waals surface area contributed by atoms with E-state index in [1.807, 2.05) is 23.9 Å². The normalized spacial score (nSPS) is 15.5. The van der Waals surface area contributed by atoms with Crippen molar-refractivity contribution in [3.8, 4) is 0 Å². The number of ether oxygens (including phenoxy) is 1. The van der Waals surface area contributed by atoms with Crippen LogP contribution in [0.15, 0.2) is 29.2 Å². The molecule has 4 heteroatoms. The minimum Gasteiger partial charge on any atom is -0.481 e. The van der Waals surface area contributed by atoms with E-state index in [2.05, 4.69) is 12.1 Å². The number of hydrogen-bond donors (Lipinski definition) is 1. The van der Waals surface area contributed by atoms with Gasteiger partial charge in [0.15, 0.2) is 0 Å². The summed E-state index contributed by atoms with van der Waals surface area (Å²) in [6, 6.07) is 8.24. The third-order valence-electron chi connectivity index (χ3n) is 2.71. The number of aryl methyl sites for hydroxylation is 1. The molecule has 1 saturated heterocycles. The van der Waals surface area contributed by atoms with Gasteiger partial charge in [-0.05, 0) is 24.5 Å². The van der Waals surface area contributed by atoms with Crippen LogP contribution >= 0.6 is 11.8 Å². The second kappa shape index (κ2) is 6.07. The molecule has 92 valence electrons. The first kappa shape index (κ1) is 12.5. The zero-order valence-electron chi connectivity index (χ0n) is 9.59. The summed E-state index contributed by atoms with van der Waals surface area (Å²) >= 11 is 1.84. The maximum atomic E-state index is 10.5. The fraction of sp³-hybridized carbons (Fsp3) is 0.462. The Hall–Kier alpha value is -1.00. The summed E-state index contributed by atoms with van der Waals surface area (Å²) in [5, 5.41) is 9.20. The molecule has 1 aliphatic rings. The number of aliphatic carboxylic acids is 1. The summed E-state index contributed by atoms with van der Waals surface area (Å²) in [4.78, 5) is 11.8. The molecule has 0 aromatic heterocycles. The topological polar surface area (TPSA) is 46.5 Å². The van der Waals surface area contributed by atoms with E-state index in [1.54, 1.807) is 0 Å². The van der Waals surface area contributed by atoms with Crippen molar-refractivity contribution >= 4 is 17.7 Å². The van der Waals surface area contributed by atoms with Gasteiger partial charge in [0, 0.05) is 11.3 Å². The molecule has 17 heavy (non-hydrogen) atoms. The molecule has 0 aliphatic carbocycles. The van der Waals surface area contributed by atoms with Gasteiger partial charge in [0.1, 0.15) is 0 Å². The van der Waals surface area contributed by atoms with Gasteiger partial charge < -0.3 is 9.84 Å². The molecule has 0 radical (unpaired) electrons. The molecule has 2 rings (SSSR count). The molecule has 0 spiro atoms. The van der Waals surface area contributed by atoms with Crippen molar-refractivity contribution in [1.29, 1.82) is 0 Å². The monoisotopic (exact) mass is 252 g/mol. The Morgan fingerprint density at radius 3 is 2.82 bits per heavy atom. The number of carboxylic acid groups (broad SMARTS) is 1. The largest absolute Gasteiger partial charge is 0.481 e. The van der Waals surface area contributed by atoms with Gasteiger partial charge in [0.25, 0.3) is 0 Å². The summed E-state index contributed by atoms with van der Waals surface area (Å²) < 4.78 is 5.16. The molecule has 0 atom stereocenters. The van der Waals surface area contributed by atoms with E-state index in [0.29, 0.717) is 11.7 Å². The van der Waals surface area contributed by atoms with Gasteiger partial charge >= 0.3 is 5.97 Å². The molecular formula is C13H16O3S. The summed E-state index contributed by atoms with van der Waals surface area (Å²) in [6.45, 7) is 1.66. The lowest BCUT2D eigenvalue weighted by molar-refractivity contribution is -0.137. The highest BCUT2D eigenvalue weighted by atomic mass is 32.2. The Morgan fingerprint density at radius 1 is 1.41 bits per heavy atom. The second-order valence-corrected chi connectivity index (χ2v) is 5.47. The average Bonchev–Trinajstić information content (AvgIpc) is 2.25. The van der Waals surface area contributed by atoms with Crippen molar-refractivity contribution in [3.05, 3.63) is 29.8 Å². The van der Waals surface area contributed by atoms with Crippen LogP contribution in [-0.4, -0.2) is 29.5 Å². The predicted molar refractivity (Wildman–Crippen MR) is 67.5 cm³/mol. The van der Waals surface area contributed by atoms with E-state index in [1.165, 1.54) is 10.5 Å². The van der Waals surface area contributed by atoms with Crippen LogP contribution in [0.1, 0.15) is 18.4 Å². The van der Waals surface area contributed by atoms with Gasteiger partial charge in [-0.1, -0.05) is 18.2 Å². The van der Waals surface area contributed by atoms with Crippen LogP contribution in [0.4, 0.5) is 0 Å². The van der Waals surface area contributed by atoms with Crippen LogP contribution < -0.4 is 0 Å². The fourth-order valence-electron chi connectivity index (χ4n) is 1.72. The minimum absolute atomic E-state index is 0.242. The first-order valence-electron chi connectivity index (χ1n) is 5.80. The number of rotatable bonds is 6. The zero-order chi connectivity index (χ0) is 12.1. The van der Waals surface area contributed by atoms with Crippen molar-refractivity contribution in [2.45, 2.75) is 29.4 Å². The van der Waals surface area contributed by atoms with Gasteiger partial charge in [-0.15, -0.1) is 11.8 Å². The van der Waals surface area contributed by atoms with Crippen LogP contribution in [0.2, 0.25) is 0 Å². The van der Waals surface area contributed by atoms with Crippen LogP contribution in [0, 0.1) is 0 Å². The number of benzene rings is 1. The van der Waals surface area contributed by atoms with Crippen molar-refractivity contribution in [2.75, 3.05) is 13.2 Å². The number of carboxylic acids is 1. The van der Waals surface area contributed by atoms with Crippen molar-refractivity contribution in [2.24, 2.45) is 0 Å². The molecule has 1 aromatic carbocycles. The van der Waals surface area contributed by atoms with E-state index in [0.717, 1.165) is 19.6 Å². The molecule has 3 nitrogen and oxygen atoms in total. The molecule has 0 unspecified atom stereocenters. The van der Waals surface area contributed by atoms with Crippen molar-refractivity contribution < 1.29 is 14.6 Å². The van der Waals surface area contributed by atoms with E-state index in [9.17, 15) is 4.79 Å². The Balaban J connectivity index is 1.92. The second-order valence-electron chi connectivity index (χ2n) is 4.13. The first-order valence-corrected chi connectivity index (χ1v) is 6.68. The van der Waals surface area contributed by atoms with E-state index in [-0.39, 0.29) is 6.42 Å². The van der Waals surface area contributed by atoms with E-state index >= 15 is 0 Å². The zero-order valence-corrected chi connectivity index (χ0v) is 10.4. The summed E-state index contributed by atoms with van der Waals surface area (Å²) in [6.07, 6.45) is 1.78. The third kappa shape index (κ3) is 3.75. The molecule has 1 aromatic rings. The Labute approximate surface area is 105 Å². The molecule has 0 bridgehead atoms. The standard InChI is InChI=1S/C13H16O3S/c14-13(15)7-3-5-10-4-1-2-6-12(10)17-11-8-16-9-11/h1-2,4,6,11H,3,5,7-9H2,(H,14,15). The molecule has 1 aliphatic heterocycles. The summed E-state index contributed by atoms with van der Waals surface area (Å²) in [5.41, 5.74) is 1.26. The first-order chi connectivity index (χ1) is 8.25. The van der Waals surface area contributed by atoms with E-state index in [4.69, 9.17) is 9.84 Å². The van der Waals surface area contributed by atoms with Crippen LogP contribution in [0.25, 0.3) is 0 Å². The number of hydrogen-bond acceptors (Lipinski definition) is 3. The van der Waals surface area contributed by atoms with Gasteiger partial charge in [-0.3, -0.25) is 4.79 Å². The molecule has 0 saturated carbocycles. The van der Waals surface area contributed by atoms with Gasteiger partial charge in [0.05, 0.1) is 18.5 Å². The molecule has 1 N–H and O–H groups in total. The lowest BCUT2D eigenvalue weighted by Gasteiger charge is -2.26. The van der Waals surface area contributed by atoms with Crippen LogP contribution in [0.5, 0.6) is 0 Å². The fourth-order valence-corrected chi connectivity index (χ4v) is 2.88. The van der Waals surface area contributed by atoms with Crippen molar-refractivity contribution in [3.63, 3.8) is 0 Å². The third-order valence-corrected chi connectivity index (χ3v) is 3.97. The highest BCUT2D eigenvalue weighted by Gasteiger charge is 2.20. The van der Waals surface area contributed by atoms with Crippen molar-refractivity contribution in [1.82, 2.24) is 0 Å².